The van der Waals surface area contributed by atoms with Gasteiger partial charge in [-0.1, -0.05) is 46.8 Å². The summed E-state index contributed by atoms with van der Waals surface area (Å²) < 4.78 is 5.89. The second-order valence-corrected chi connectivity index (χ2v) is 8.71. The van der Waals surface area contributed by atoms with E-state index >= 15 is 0 Å². The van der Waals surface area contributed by atoms with Crippen molar-refractivity contribution in [1.82, 2.24) is 5.27 Å². The molecule has 2 aromatic carbocycles. The Morgan fingerprint density at radius 3 is 2.40 bits per heavy atom. The predicted octanol–water partition coefficient (Wildman–Crippen LogP) is 3.00. The number of ketones is 1. The van der Waals surface area contributed by atoms with Gasteiger partial charge in [-0.3, -0.25) is 19.0 Å². The summed E-state index contributed by atoms with van der Waals surface area (Å²) >= 11 is 1.09. The first-order chi connectivity index (χ1) is 16.9. The number of anilines is 2. The Labute approximate surface area is 206 Å². The normalized spacial score (nSPS) is 14.5. The molecule has 0 unspecified atom stereocenters. The molecule has 0 saturated carbocycles. The zero-order chi connectivity index (χ0) is 24.9. The molecule has 3 aromatic rings. The van der Waals surface area contributed by atoms with Gasteiger partial charge in [0, 0.05) is 18.8 Å². The first-order valence-corrected chi connectivity index (χ1v) is 12.2. The van der Waals surface area contributed by atoms with Crippen LogP contribution < -0.4 is 20.1 Å². The Morgan fingerprint density at radius 2 is 1.80 bits per heavy atom. The van der Waals surface area contributed by atoms with E-state index in [0.717, 1.165) is 36.1 Å². The predicted molar refractivity (Wildman–Crippen MR) is 137 cm³/mol. The highest BCUT2D eigenvalue weighted by Crippen LogP contribution is 2.29. The van der Waals surface area contributed by atoms with E-state index in [4.69, 9.17) is 0 Å². The van der Waals surface area contributed by atoms with E-state index in [1.54, 1.807) is 18.2 Å². The fourth-order valence-electron chi connectivity index (χ4n) is 3.77. The van der Waals surface area contributed by atoms with Crippen molar-refractivity contribution in [2.45, 2.75) is 13.8 Å². The number of nitrogens with one attached hydrogen (secondary N) is 1. The van der Waals surface area contributed by atoms with Crippen LogP contribution in [0.4, 0.5) is 11.4 Å². The molecule has 1 N–H and O–H groups in total. The summed E-state index contributed by atoms with van der Waals surface area (Å²) in [6.45, 7) is 6.04. The Bertz CT molecular complexity index is 1340. The molecule has 2 heterocycles. The van der Waals surface area contributed by atoms with E-state index in [0.29, 0.717) is 10.9 Å². The number of aromatic amines is 1. The Morgan fingerprint density at radius 1 is 1.11 bits per heavy atom. The van der Waals surface area contributed by atoms with Crippen LogP contribution in [0.15, 0.2) is 74.6 Å². The Hall–Kier alpha value is -3.92. The van der Waals surface area contributed by atoms with Gasteiger partial charge in [0.05, 0.1) is 11.4 Å². The fourth-order valence-corrected chi connectivity index (χ4v) is 4.64. The van der Waals surface area contributed by atoms with Gasteiger partial charge in [0.1, 0.15) is 5.70 Å². The van der Waals surface area contributed by atoms with Gasteiger partial charge in [0.15, 0.2) is 12.2 Å². The minimum absolute atomic E-state index is 0.0856. The lowest BCUT2D eigenvalue weighted by Gasteiger charge is -2.20. The fraction of sp³-hybridized carbons (Fsp3) is 0.240. The lowest BCUT2D eigenvalue weighted by molar-refractivity contribution is -0.741. The van der Waals surface area contributed by atoms with Crippen molar-refractivity contribution in [3.05, 3.63) is 82.0 Å². The van der Waals surface area contributed by atoms with E-state index < -0.39 is 11.4 Å². The Balaban J connectivity index is 1.61. The Kier molecular flexibility index (Phi) is 7.31. The molecule has 4 rings (SSSR count). The third-order valence-electron chi connectivity index (χ3n) is 5.57. The lowest BCUT2D eigenvalue weighted by Crippen LogP contribution is -2.40. The maximum absolute atomic E-state index is 13.3. The molecule has 1 aliphatic heterocycles. The van der Waals surface area contributed by atoms with Gasteiger partial charge >= 0.3 is 11.3 Å². The maximum atomic E-state index is 13.3. The highest BCUT2D eigenvalue weighted by molar-refractivity contribution is 8.14. The number of aromatic nitrogens is 2. The van der Waals surface area contributed by atoms with Crippen molar-refractivity contribution in [3.8, 4) is 0 Å². The highest BCUT2D eigenvalue weighted by Gasteiger charge is 2.34. The first kappa shape index (κ1) is 24.2. The number of carbonyl (C=O) groups is 2. The van der Waals surface area contributed by atoms with Crippen LogP contribution in [0.5, 0.6) is 0 Å². The van der Waals surface area contributed by atoms with E-state index in [2.05, 4.69) is 33.5 Å². The third-order valence-corrected chi connectivity index (χ3v) is 6.51. The van der Waals surface area contributed by atoms with Crippen LogP contribution in [-0.4, -0.2) is 41.0 Å². The molecule has 0 radical (unpaired) electrons. The van der Waals surface area contributed by atoms with Crippen molar-refractivity contribution in [1.29, 1.82) is 0 Å². The van der Waals surface area contributed by atoms with Crippen molar-refractivity contribution >= 4 is 46.1 Å². The van der Waals surface area contributed by atoms with Crippen molar-refractivity contribution in [3.63, 3.8) is 0 Å². The number of thioether (sulfide) groups is 1. The summed E-state index contributed by atoms with van der Waals surface area (Å²) in [5, 5.41) is 2.70. The molecule has 0 bridgehead atoms. The molecule has 35 heavy (non-hydrogen) atoms. The molecule has 1 amide bonds. The molecular weight excluding hydrogens is 466 g/mol. The zero-order valence-electron chi connectivity index (χ0n) is 19.7. The SMILES string of the molecule is CCN(CC)c1ccc(/C=C2/N=C(SCC(=O)c3c(=O)o[nH][n+]3C)N(c3ccccc3)C2=O)cc1. The first-order valence-electron chi connectivity index (χ1n) is 11.2. The maximum Gasteiger partial charge on any atom is 0.438 e. The standard InChI is InChI=1S/C25H25N5O4S/c1-4-29(5-2)18-13-11-17(12-14-18)15-20-23(32)30(19-9-7-6-8-10-19)25(26-20)35-16-21(31)22-24(33)34-27-28(22)3/h6-15H,4-5,16H2,1-3H3/p+1/b20-15+. The number of Topliss-reactive ketones (excluding diaryl/α,β-unsaturated/α-hetero) is 1. The quantitative estimate of drug-likeness (QED) is 0.295. The average molecular weight is 493 g/mol. The number of amides is 1. The van der Waals surface area contributed by atoms with E-state index in [1.165, 1.54) is 16.6 Å². The van der Waals surface area contributed by atoms with Crippen molar-refractivity contribution < 1.29 is 18.8 Å². The van der Waals surface area contributed by atoms with Crippen LogP contribution >= 0.6 is 11.8 Å². The third kappa shape index (κ3) is 5.12. The van der Waals surface area contributed by atoms with Gasteiger partial charge in [-0.15, -0.1) is 0 Å². The molecular formula is C25H26N5O4S+. The number of para-hydroxylation sites is 1. The van der Waals surface area contributed by atoms with Crippen molar-refractivity contribution in [2.75, 3.05) is 28.6 Å². The van der Waals surface area contributed by atoms with E-state index in [1.807, 2.05) is 42.5 Å². The minimum Gasteiger partial charge on any atom is -0.372 e. The summed E-state index contributed by atoms with van der Waals surface area (Å²) in [5.74, 6) is -0.802. The number of H-pyrrole nitrogens is 1. The molecule has 180 valence electrons. The molecule has 10 heteroatoms. The summed E-state index contributed by atoms with van der Waals surface area (Å²) in [5.41, 5.74) is 2.03. The number of amidine groups is 1. The van der Waals surface area contributed by atoms with Crippen LogP contribution in [0.2, 0.25) is 0 Å². The van der Waals surface area contributed by atoms with Gasteiger partial charge in [0.25, 0.3) is 5.91 Å². The van der Waals surface area contributed by atoms with E-state index in [9.17, 15) is 14.4 Å². The number of hydrogen-bond donors (Lipinski definition) is 1. The number of hydrogen-bond acceptors (Lipinski definition) is 7. The lowest BCUT2D eigenvalue weighted by atomic mass is 10.1. The smallest absolute Gasteiger partial charge is 0.372 e. The van der Waals surface area contributed by atoms with Crippen LogP contribution in [-0.2, 0) is 11.8 Å². The molecule has 0 saturated heterocycles. The number of benzene rings is 2. The molecule has 0 atom stereocenters. The monoisotopic (exact) mass is 492 g/mol. The van der Waals surface area contributed by atoms with Gasteiger partial charge in [-0.25, -0.2) is 9.79 Å². The minimum atomic E-state index is -0.740. The van der Waals surface area contributed by atoms with Crippen LogP contribution in [0.1, 0.15) is 29.9 Å². The van der Waals surface area contributed by atoms with Gasteiger partial charge in [-0.2, -0.15) is 0 Å². The molecule has 0 spiro atoms. The average Bonchev–Trinajstić information content (AvgIpc) is 3.37. The van der Waals surface area contributed by atoms with Crippen molar-refractivity contribution in [2.24, 2.45) is 12.0 Å². The zero-order valence-corrected chi connectivity index (χ0v) is 20.5. The number of aryl methyl sites for hydroxylation is 1. The molecule has 1 aliphatic rings. The van der Waals surface area contributed by atoms with Crippen LogP contribution in [0.3, 0.4) is 0 Å². The highest BCUT2D eigenvalue weighted by atomic mass is 32.2. The van der Waals surface area contributed by atoms with Crippen LogP contribution in [0, 0.1) is 0 Å². The van der Waals surface area contributed by atoms with Gasteiger partial charge in [0.2, 0.25) is 5.78 Å². The summed E-state index contributed by atoms with van der Waals surface area (Å²) in [7, 11) is 1.52. The number of rotatable bonds is 8. The number of carbonyl (C=O) groups excluding carboxylic acids is 2. The summed E-state index contributed by atoms with van der Waals surface area (Å²) in [4.78, 5) is 46.1. The second kappa shape index (κ2) is 10.6. The van der Waals surface area contributed by atoms with Gasteiger partial charge < -0.3 is 4.90 Å². The summed E-state index contributed by atoms with van der Waals surface area (Å²) in [6, 6.07) is 17.1. The molecule has 1 aromatic heterocycles. The molecule has 9 nitrogen and oxygen atoms in total. The number of nitrogens with zero attached hydrogens (tertiary/aromatic N) is 4. The molecule has 0 aliphatic carbocycles. The topological polar surface area (TPSA) is 103 Å². The number of aliphatic imine (C=N–C) groups is 1. The van der Waals surface area contributed by atoms with Gasteiger partial charge in [-0.05, 0) is 55.0 Å². The largest absolute Gasteiger partial charge is 0.438 e. The second-order valence-electron chi connectivity index (χ2n) is 7.76. The summed E-state index contributed by atoms with van der Waals surface area (Å²) in [6.07, 6.45) is 1.74. The molecule has 0 fully saturated rings. The van der Waals surface area contributed by atoms with Crippen LogP contribution in [0.25, 0.3) is 6.08 Å². The van der Waals surface area contributed by atoms with E-state index in [-0.39, 0.29) is 23.1 Å².